The molecule has 0 aliphatic heterocycles. The second-order valence-corrected chi connectivity index (χ2v) is 5.47. The van der Waals surface area contributed by atoms with Gasteiger partial charge in [-0.05, 0) is 55.3 Å². The molecule has 0 spiro atoms. The Labute approximate surface area is 133 Å². The van der Waals surface area contributed by atoms with Crippen molar-refractivity contribution in [1.29, 1.82) is 5.26 Å². The van der Waals surface area contributed by atoms with Crippen LogP contribution in [0, 0.1) is 11.3 Å². The first-order chi connectivity index (χ1) is 11.2. The Kier molecular flexibility index (Phi) is 4.07. The lowest BCUT2D eigenvalue weighted by Crippen LogP contribution is -2.25. The predicted molar refractivity (Wildman–Crippen MR) is 86.0 cm³/mol. The van der Waals surface area contributed by atoms with Crippen LogP contribution in [0.2, 0.25) is 0 Å². The van der Waals surface area contributed by atoms with Crippen LogP contribution in [-0.2, 0) is 0 Å². The normalized spacial score (nSPS) is 13.0. The van der Waals surface area contributed by atoms with Crippen molar-refractivity contribution in [3.8, 4) is 6.07 Å². The fourth-order valence-electron chi connectivity index (χ4n) is 2.13. The van der Waals surface area contributed by atoms with Gasteiger partial charge < -0.3 is 10.6 Å². The van der Waals surface area contributed by atoms with Gasteiger partial charge in [0.1, 0.15) is 0 Å². The van der Waals surface area contributed by atoms with Crippen LogP contribution in [0.15, 0.2) is 48.5 Å². The number of anilines is 1. The summed E-state index contributed by atoms with van der Waals surface area (Å²) in [7, 11) is 0. The Balaban J connectivity index is 1.70. The third kappa shape index (κ3) is 3.74. The van der Waals surface area contributed by atoms with Crippen LogP contribution >= 0.6 is 0 Å². The number of amides is 2. The molecule has 2 N–H and O–H groups in total. The van der Waals surface area contributed by atoms with Crippen molar-refractivity contribution in [3.63, 3.8) is 0 Å². The summed E-state index contributed by atoms with van der Waals surface area (Å²) in [5, 5.41) is 14.4. The number of carbonyl (C=O) groups excluding carboxylic acids is 2. The van der Waals surface area contributed by atoms with Gasteiger partial charge in [-0.15, -0.1) is 0 Å². The lowest BCUT2D eigenvalue weighted by atomic mass is 10.1. The molecule has 0 heterocycles. The Morgan fingerprint density at radius 2 is 1.74 bits per heavy atom. The summed E-state index contributed by atoms with van der Waals surface area (Å²) in [6.45, 7) is 0. The second kappa shape index (κ2) is 6.32. The molecule has 0 atom stereocenters. The fraction of sp³-hybridized carbons (Fsp3) is 0.167. The van der Waals surface area contributed by atoms with E-state index >= 15 is 0 Å². The van der Waals surface area contributed by atoms with Crippen LogP contribution in [0.4, 0.5) is 5.69 Å². The molecule has 1 fully saturated rings. The van der Waals surface area contributed by atoms with Gasteiger partial charge in [0.25, 0.3) is 11.8 Å². The van der Waals surface area contributed by atoms with E-state index in [1.165, 1.54) is 0 Å². The molecule has 0 bridgehead atoms. The number of carbonyl (C=O) groups is 2. The summed E-state index contributed by atoms with van der Waals surface area (Å²) in [6, 6.07) is 15.5. The topological polar surface area (TPSA) is 82.0 Å². The first kappa shape index (κ1) is 14.8. The highest BCUT2D eigenvalue weighted by atomic mass is 16.2. The molecular weight excluding hydrogens is 290 g/mol. The van der Waals surface area contributed by atoms with Gasteiger partial charge in [0.2, 0.25) is 0 Å². The van der Waals surface area contributed by atoms with E-state index in [2.05, 4.69) is 10.6 Å². The smallest absolute Gasteiger partial charge is 0.255 e. The van der Waals surface area contributed by atoms with Gasteiger partial charge in [-0.3, -0.25) is 9.59 Å². The number of hydrogen-bond acceptors (Lipinski definition) is 3. The second-order valence-electron chi connectivity index (χ2n) is 5.47. The summed E-state index contributed by atoms with van der Waals surface area (Å²) < 4.78 is 0. The minimum atomic E-state index is -0.283. The molecule has 2 amide bonds. The highest BCUT2D eigenvalue weighted by molar-refractivity contribution is 6.05. The van der Waals surface area contributed by atoms with Crippen molar-refractivity contribution in [1.82, 2.24) is 5.32 Å². The van der Waals surface area contributed by atoms with Crippen LogP contribution in [0.25, 0.3) is 0 Å². The number of benzene rings is 2. The van der Waals surface area contributed by atoms with Crippen LogP contribution < -0.4 is 10.6 Å². The summed E-state index contributed by atoms with van der Waals surface area (Å²) in [4.78, 5) is 24.2. The molecular formula is C18H15N3O2. The average molecular weight is 305 g/mol. The molecule has 5 heteroatoms. The van der Waals surface area contributed by atoms with Crippen LogP contribution in [-0.4, -0.2) is 17.9 Å². The van der Waals surface area contributed by atoms with Crippen LogP contribution in [0.5, 0.6) is 0 Å². The molecule has 0 saturated heterocycles. The Hall–Kier alpha value is -3.13. The third-order valence-electron chi connectivity index (χ3n) is 3.57. The zero-order valence-corrected chi connectivity index (χ0v) is 12.4. The number of nitriles is 1. The predicted octanol–water partition coefficient (Wildman–Crippen LogP) is 2.70. The van der Waals surface area contributed by atoms with E-state index in [1.807, 2.05) is 6.07 Å². The van der Waals surface area contributed by atoms with E-state index in [1.54, 1.807) is 48.5 Å². The number of nitrogens with zero attached hydrogens (tertiary/aromatic N) is 1. The van der Waals surface area contributed by atoms with E-state index in [0.717, 1.165) is 12.8 Å². The zero-order valence-electron chi connectivity index (χ0n) is 12.4. The molecule has 1 saturated carbocycles. The van der Waals surface area contributed by atoms with E-state index in [0.29, 0.717) is 28.4 Å². The quantitative estimate of drug-likeness (QED) is 0.911. The fourth-order valence-corrected chi connectivity index (χ4v) is 2.13. The van der Waals surface area contributed by atoms with Gasteiger partial charge in [0, 0.05) is 22.9 Å². The third-order valence-corrected chi connectivity index (χ3v) is 3.57. The summed E-state index contributed by atoms with van der Waals surface area (Å²) in [6.07, 6.45) is 2.06. The van der Waals surface area contributed by atoms with Crippen molar-refractivity contribution >= 4 is 17.5 Å². The Bertz CT molecular complexity index is 787. The number of rotatable bonds is 4. The van der Waals surface area contributed by atoms with Gasteiger partial charge in [-0.2, -0.15) is 5.26 Å². The SMILES string of the molecule is N#Cc1ccc(C(=O)Nc2cccc(C(=O)NC3CC3)c2)cc1. The van der Waals surface area contributed by atoms with Crippen LogP contribution in [0.1, 0.15) is 39.1 Å². The Morgan fingerprint density at radius 1 is 1.00 bits per heavy atom. The van der Waals surface area contributed by atoms with E-state index in [9.17, 15) is 9.59 Å². The van der Waals surface area contributed by atoms with E-state index < -0.39 is 0 Å². The summed E-state index contributed by atoms with van der Waals surface area (Å²) in [5.41, 5.74) is 2.04. The minimum Gasteiger partial charge on any atom is -0.349 e. The maximum atomic E-state index is 12.2. The van der Waals surface area contributed by atoms with Crippen molar-refractivity contribution in [3.05, 3.63) is 65.2 Å². The number of hydrogen-bond donors (Lipinski definition) is 2. The lowest BCUT2D eigenvalue weighted by molar-refractivity contribution is 0.0949. The summed E-state index contributed by atoms with van der Waals surface area (Å²) >= 11 is 0. The first-order valence-corrected chi connectivity index (χ1v) is 7.38. The molecule has 3 rings (SSSR count). The van der Waals surface area contributed by atoms with Gasteiger partial charge in [-0.1, -0.05) is 6.07 Å². The van der Waals surface area contributed by atoms with Gasteiger partial charge >= 0.3 is 0 Å². The first-order valence-electron chi connectivity index (χ1n) is 7.38. The molecule has 2 aromatic carbocycles. The Morgan fingerprint density at radius 3 is 2.39 bits per heavy atom. The molecule has 1 aliphatic rings. The van der Waals surface area contributed by atoms with E-state index in [-0.39, 0.29) is 11.8 Å². The van der Waals surface area contributed by atoms with Crippen molar-refractivity contribution < 1.29 is 9.59 Å². The molecule has 114 valence electrons. The maximum absolute atomic E-state index is 12.2. The summed E-state index contributed by atoms with van der Waals surface area (Å²) in [5.74, 6) is -0.406. The maximum Gasteiger partial charge on any atom is 0.255 e. The molecule has 23 heavy (non-hydrogen) atoms. The molecule has 0 unspecified atom stereocenters. The molecule has 2 aromatic rings. The molecule has 0 radical (unpaired) electrons. The highest BCUT2D eigenvalue weighted by Crippen LogP contribution is 2.20. The lowest BCUT2D eigenvalue weighted by Gasteiger charge is -2.08. The average Bonchev–Trinajstić information content (AvgIpc) is 3.39. The zero-order chi connectivity index (χ0) is 16.2. The number of nitrogens with one attached hydrogen (secondary N) is 2. The van der Waals surface area contributed by atoms with Gasteiger partial charge in [-0.25, -0.2) is 0 Å². The van der Waals surface area contributed by atoms with Crippen LogP contribution in [0.3, 0.4) is 0 Å². The standard InChI is InChI=1S/C18H15N3O2/c19-11-12-4-6-13(7-5-12)17(22)21-16-3-1-2-14(10-16)18(23)20-15-8-9-15/h1-7,10,15H,8-9H2,(H,20,23)(H,21,22). The largest absolute Gasteiger partial charge is 0.349 e. The van der Waals surface area contributed by atoms with Crippen molar-refractivity contribution in [2.24, 2.45) is 0 Å². The molecule has 5 nitrogen and oxygen atoms in total. The molecule has 0 aromatic heterocycles. The minimum absolute atomic E-state index is 0.123. The highest BCUT2D eigenvalue weighted by Gasteiger charge is 2.23. The van der Waals surface area contributed by atoms with Gasteiger partial charge in [0.15, 0.2) is 0 Å². The van der Waals surface area contributed by atoms with Gasteiger partial charge in [0.05, 0.1) is 11.6 Å². The monoisotopic (exact) mass is 305 g/mol. The van der Waals surface area contributed by atoms with Crippen molar-refractivity contribution in [2.75, 3.05) is 5.32 Å². The van der Waals surface area contributed by atoms with E-state index in [4.69, 9.17) is 5.26 Å². The van der Waals surface area contributed by atoms with Crippen molar-refractivity contribution in [2.45, 2.75) is 18.9 Å². The molecule has 1 aliphatic carbocycles.